The predicted molar refractivity (Wildman–Crippen MR) is 121 cm³/mol. The number of pyridine rings is 1. The highest BCUT2D eigenvalue weighted by molar-refractivity contribution is 6.04. The molecule has 0 unspecified atom stereocenters. The van der Waals surface area contributed by atoms with Crippen LogP contribution >= 0.6 is 0 Å². The minimum atomic E-state index is -0.0622. The molecule has 7 heteroatoms. The maximum Gasteiger partial charge on any atom is 0.253 e. The Morgan fingerprint density at radius 2 is 1.90 bits per heavy atom. The van der Waals surface area contributed by atoms with Crippen LogP contribution in [0.3, 0.4) is 0 Å². The molecule has 1 saturated carbocycles. The molecule has 7 nitrogen and oxygen atoms in total. The fourth-order valence-corrected chi connectivity index (χ4v) is 3.91. The van der Waals surface area contributed by atoms with Crippen molar-refractivity contribution in [1.82, 2.24) is 25.2 Å². The average molecular weight is 407 g/mol. The van der Waals surface area contributed by atoms with E-state index >= 15 is 0 Å². The van der Waals surface area contributed by atoms with Crippen LogP contribution in [0, 0.1) is 0 Å². The standard InChI is InChI=1S/C23H30N6O/c1-29(2)15-14-24-17-10-8-16(9-11-17)21-27-20-19(12-13-25-22(20)28-21)23(30)26-18-6-4-3-5-7-18/h8-13,18,24H,3-7,14-15H2,1-2H3,(H,26,30)(H,25,27,28). The van der Waals surface area contributed by atoms with Crippen LogP contribution in [-0.2, 0) is 0 Å². The molecule has 1 amide bonds. The van der Waals surface area contributed by atoms with E-state index in [1.54, 1.807) is 12.3 Å². The molecular formula is C23H30N6O. The zero-order valence-electron chi connectivity index (χ0n) is 17.7. The van der Waals surface area contributed by atoms with Gasteiger partial charge in [-0.1, -0.05) is 19.3 Å². The van der Waals surface area contributed by atoms with Gasteiger partial charge in [0.25, 0.3) is 5.91 Å². The van der Waals surface area contributed by atoms with E-state index in [9.17, 15) is 4.79 Å². The van der Waals surface area contributed by atoms with Crippen molar-refractivity contribution >= 4 is 22.8 Å². The van der Waals surface area contributed by atoms with Gasteiger partial charge in [0, 0.05) is 36.6 Å². The van der Waals surface area contributed by atoms with E-state index in [1.165, 1.54) is 19.3 Å². The molecule has 0 spiro atoms. The number of fused-ring (bicyclic) bond motifs is 1. The molecule has 2 heterocycles. The first-order chi connectivity index (χ1) is 14.6. The molecular weight excluding hydrogens is 376 g/mol. The normalized spacial score (nSPS) is 14.9. The molecule has 0 aliphatic heterocycles. The SMILES string of the molecule is CN(C)CCNc1ccc(-c2nc3c(C(=O)NC4CCCCC4)ccnc3[nH]2)cc1. The minimum Gasteiger partial charge on any atom is -0.384 e. The number of H-pyrrole nitrogens is 1. The first kappa shape index (κ1) is 20.3. The smallest absolute Gasteiger partial charge is 0.253 e. The Labute approximate surface area is 177 Å². The Bertz CT molecular complexity index is 989. The molecule has 30 heavy (non-hydrogen) atoms. The fourth-order valence-electron chi connectivity index (χ4n) is 3.91. The summed E-state index contributed by atoms with van der Waals surface area (Å²) in [7, 11) is 4.12. The molecule has 4 rings (SSSR count). The Balaban J connectivity index is 1.50. The van der Waals surface area contributed by atoms with Gasteiger partial charge in [0.1, 0.15) is 11.3 Å². The van der Waals surface area contributed by atoms with Gasteiger partial charge in [-0.25, -0.2) is 9.97 Å². The number of hydrogen-bond acceptors (Lipinski definition) is 5. The van der Waals surface area contributed by atoms with E-state index in [4.69, 9.17) is 4.98 Å². The monoisotopic (exact) mass is 406 g/mol. The number of rotatable bonds is 7. The number of amides is 1. The van der Waals surface area contributed by atoms with Crippen molar-refractivity contribution in [2.24, 2.45) is 0 Å². The molecule has 1 fully saturated rings. The highest BCUT2D eigenvalue weighted by Gasteiger charge is 2.20. The second-order valence-electron chi connectivity index (χ2n) is 8.26. The number of carbonyl (C=O) groups is 1. The highest BCUT2D eigenvalue weighted by atomic mass is 16.1. The van der Waals surface area contributed by atoms with E-state index in [-0.39, 0.29) is 11.9 Å². The Kier molecular flexibility index (Phi) is 6.28. The van der Waals surface area contributed by atoms with Crippen LogP contribution in [-0.4, -0.2) is 59.0 Å². The summed E-state index contributed by atoms with van der Waals surface area (Å²) >= 11 is 0. The van der Waals surface area contributed by atoms with Gasteiger partial charge in [0.15, 0.2) is 5.65 Å². The quantitative estimate of drug-likeness (QED) is 0.557. The number of aromatic amines is 1. The largest absolute Gasteiger partial charge is 0.384 e. The molecule has 1 aromatic carbocycles. The van der Waals surface area contributed by atoms with Crippen LogP contribution < -0.4 is 10.6 Å². The average Bonchev–Trinajstić information content (AvgIpc) is 3.19. The maximum absolute atomic E-state index is 12.9. The lowest BCUT2D eigenvalue weighted by molar-refractivity contribution is 0.0929. The number of hydrogen-bond donors (Lipinski definition) is 3. The summed E-state index contributed by atoms with van der Waals surface area (Å²) in [5.74, 6) is 0.656. The van der Waals surface area contributed by atoms with Crippen molar-refractivity contribution in [3.63, 3.8) is 0 Å². The van der Waals surface area contributed by atoms with Crippen LogP contribution in [0.2, 0.25) is 0 Å². The molecule has 0 saturated heterocycles. The first-order valence-electron chi connectivity index (χ1n) is 10.7. The zero-order valence-corrected chi connectivity index (χ0v) is 17.7. The van der Waals surface area contributed by atoms with Crippen molar-refractivity contribution in [1.29, 1.82) is 0 Å². The Hall–Kier alpha value is -2.93. The molecule has 2 aromatic heterocycles. The number of imidazole rings is 1. The van der Waals surface area contributed by atoms with Crippen LogP contribution in [0.5, 0.6) is 0 Å². The summed E-state index contributed by atoms with van der Waals surface area (Å²) in [5, 5.41) is 6.59. The third-order valence-corrected chi connectivity index (χ3v) is 5.62. The third-order valence-electron chi connectivity index (χ3n) is 5.62. The van der Waals surface area contributed by atoms with Crippen molar-refractivity contribution < 1.29 is 4.79 Å². The molecule has 1 aliphatic carbocycles. The Morgan fingerprint density at radius 1 is 1.13 bits per heavy atom. The highest BCUT2D eigenvalue weighted by Crippen LogP contribution is 2.24. The van der Waals surface area contributed by atoms with Gasteiger partial charge < -0.3 is 20.5 Å². The van der Waals surface area contributed by atoms with Gasteiger partial charge in [0.2, 0.25) is 0 Å². The molecule has 1 aliphatic rings. The van der Waals surface area contributed by atoms with Crippen LogP contribution in [0.4, 0.5) is 5.69 Å². The van der Waals surface area contributed by atoms with Crippen molar-refractivity contribution in [2.45, 2.75) is 38.1 Å². The molecule has 0 bridgehead atoms. The lowest BCUT2D eigenvalue weighted by Gasteiger charge is -2.22. The topological polar surface area (TPSA) is 85.9 Å². The van der Waals surface area contributed by atoms with Crippen LogP contribution in [0.15, 0.2) is 36.5 Å². The van der Waals surface area contributed by atoms with E-state index < -0.39 is 0 Å². The third kappa shape index (κ3) is 4.79. The van der Waals surface area contributed by atoms with Gasteiger partial charge in [-0.2, -0.15) is 0 Å². The lowest BCUT2D eigenvalue weighted by atomic mass is 9.95. The van der Waals surface area contributed by atoms with Gasteiger partial charge in [-0.15, -0.1) is 0 Å². The van der Waals surface area contributed by atoms with Crippen LogP contribution in [0.1, 0.15) is 42.5 Å². The number of nitrogens with zero attached hydrogens (tertiary/aromatic N) is 3. The van der Waals surface area contributed by atoms with Gasteiger partial charge in [-0.05, 0) is 57.3 Å². The van der Waals surface area contributed by atoms with Crippen molar-refractivity contribution in [2.75, 3.05) is 32.5 Å². The van der Waals surface area contributed by atoms with E-state index in [0.717, 1.165) is 43.0 Å². The summed E-state index contributed by atoms with van der Waals surface area (Å²) in [6.45, 7) is 1.86. The molecule has 0 radical (unpaired) electrons. The Morgan fingerprint density at radius 3 is 2.63 bits per heavy atom. The number of benzene rings is 1. The number of nitrogens with one attached hydrogen (secondary N) is 3. The van der Waals surface area contributed by atoms with Crippen molar-refractivity contribution in [3.8, 4) is 11.4 Å². The summed E-state index contributed by atoms with van der Waals surface area (Å²) in [4.78, 5) is 27.3. The maximum atomic E-state index is 12.9. The van der Waals surface area contributed by atoms with Gasteiger partial charge in [0.05, 0.1) is 5.56 Å². The number of likely N-dealkylation sites (N-methyl/N-ethyl adjacent to an activating group) is 1. The summed E-state index contributed by atoms with van der Waals surface area (Å²) < 4.78 is 0. The predicted octanol–water partition coefficient (Wildman–Crippen LogP) is 3.66. The fraction of sp³-hybridized carbons (Fsp3) is 0.435. The lowest BCUT2D eigenvalue weighted by Crippen LogP contribution is -2.36. The summed E-state index contributed by atoms with van der Waals surface area (Å²) in [6.07, 6.45) is 7.41. The van der Waals surface area contributed by atoms with Gasteiger partial charge >= 0.3 is 0 Å². The second kappa shape index (κ2) is 9.26. The second-order valence-corrected chi connectivity index (χ2v) is 8.26. The molecule has 3 aromatic rings. The summed E-state index contributed by atoms with van der Waals surface area (Å²) in [5.41, 5.74) is 3.87. The van der Waals surface area contributed by atoms with Crippen molar-refractivity contribution in [3.05, 3.63) is 42.1 Å². The number of aromatic nitrogens is 3. The first-order valence-corrected chi connectivity index (χ1v) is 10.7. The van der Waals surface area contributed by atoms with Crippen LogP contribution in [0.25, 0.3) is 22.6 Å². The summed E-state index contributed by atoms with van der Waals surface area (Å²) in [6, 6.07) is 10.2. The molecule has 158 valence electrons. The number of anilines is 1. The molecule has 3 N–H and O–H groups in total. The van der Waals surface area contributed by atoms with E-state index in [2.05, 4.69) is 39.6 Å². The minimum absolute atomic E-state index is 0.0622. The molecule has 0 atom stereocenters. The van der Waals surface area contributed by atoms with Gasteiger partial charge in [-0.3, -0.25) is 4.79 Å². The van der Waals surface area contributed by atoms with E-state index in [1.807, 2.05) is 24.3 Å². The zero-order chi connectivity index (χ0) is 20.9. The number of carbonyl (C=O) groups excluding carboxylic acids is 1. The van der Waals surface area contributed by atoms with E-state index in [0.29, 0.717) is 16.7 Å².